The molecule has 0 saturated heterocycles. The maximum Gasteiger partial charge on any atom is 0.251 e. The molecule has 1 aromatic rings. The van der Waals surface area contributed by atoms with Gasteiger partial charge in [0.25, 0.3) is 5.91 Å². The number of hydrogen-bond donors (Lipinski definition) is 2. The standard InChI is InChI=1S/C20H28N2O2/c1-7-9-18(21)14(4)15(5)20(23)22-16(6)17-12-13(3)10-11-19(17)24-8-2/h10-12,21H,6-9H2,1-5H3,(H,22,23)/b15-14+,21-18?. The molecule has 0 heterocycles. The molecule has 1 amide bonds. The number of carbonyl (C=O) groups excluding carboxylic acids is 1. The summed E-state index contributed by atoms with van der Waals surface area (Å²) in [6, 6.07) is 5.79. The second kappa shape index (κ2) is 9.06. The van der Waals surface area contributed by atoms with E-state index < -0.39 is 0 Å². The zero-order valence-electron chi connectivity index (χ0n) is 15.4. The average molecular weight is 328 g/mol. The van der Waals surface area contributed by atoms with E-state index in [9.17, 15) is 4.79 Å². The minimum Gasteiger partial charge on any atom is -0.493 e. The Morgan fingerprint density at radius 1 is 1.25 bits per heavy atom. The number of nitrogens with one attached hydrogen (secondary N) is 2. The van der Waals surface area contributed by atoms with Gasteiger partial charge in [-0.3, -0.25) is 4.79 Å². The van der Waals surface area contributed by atoms with Gasteiger partial charge in [-0.25, -0.2) is 0 Å². The molecule has 0 atom stereocenters. The number of aryl methyl sites for hydroxylation is 1. The highest BCUT2D eigenvalue weighted by Crippen LogP contribution is 2.25. The van der Waals surface area contributed by atoms with Crippen molar-refractivity contribution in [1.82, 2.24) is 5.32 Å². The summed E-state index contributed by atoms with van der Waals surface area (Å²) in [6.45, 7) is 14.0. The van der Waals surface area contributed by atoms with Gasteiger partial charge < -0.3 is 15.5 Å². The Balaban J connectivity index is 2.99. The normalized spacial score (nSPS) is 11.5. The van der Waals surface area contributed by atoms with Crippen LogP contribution in [0.3, 0.4) is 0 Å². The van der Waals surface area contributed by atoms with Crippen LogP contribution in [-0.4, -0.2) is 18.2 Å². The van der Waals surface area contributed by atoms with Crippen molar-refractivity contribution >= 4 is 17.3 Å². The van der Waals surface area contributed by atoms with Crippen LogP contribution in [0.15, 0.2) is 35.9 Å². The lowest BCUT2D eigenvalue weighted by Crippen LogP contribution is -2.24. The van der Waals surface area contributed by atoms with Gasteiger partial charge >= 0.3 is 0 Å². The topological polar surface area (TPSA) is 62.2 Å². The lowest BCUT2D eigenvalue weighted by Gasteiger charge is -2.15. The summed E-state index contributed by atoms with van der Waals surface area (Å²) in [7, 11) is 0. The molecule has 0 spiro atoms. The van der Waals surface area contributed by atoms with Crippen LogP contribution in [-0.2, 0) is 4.79 Å². The first kappa shape index (κ1) is 19.7. The van der Waals surface area contributed by atoms with E-state index in [1.807, 2.05) is 45.9 Å². The summed E-state index contributed by atoms with van der Waals surface area (Å²) in [5, 5.41) is 10.8. The summed E-state index contributed by atoms with van der Waals surface area (Å²) in [6.07, 6.45) is 1.56. The Kier molecular flexibility index (Phi) is 7.43. The summed E-state index contributed by atoms with van der Waals surface area (Å²) < 4.78 is 5.61. The SMILES string of the molecule is C=C(NC(=O)/C(C)=C(\C)C(=N)CCC)c1cc(C)ccc1OCC. The number of benzene rings is 1. The van der Waals surface area contributed by atoms with Crippen LogP contribution in [0.2, 0.25) is 0 Å². The largest absolute Gasteiger partial charge is 0.493 e. The molecule has 1 rings (SSSR count). The molecule has 0 aromatic heterocycles. The molecule has 24 heavy (non-hydrogen) atoms. The molecule has 130 valence electrons. The maximum absolute atomic E-state index is 12.5. The number of ether oxygens (including phenoxy) is 1. The predicted octanol–water partition coefficient (Wildman–Crippen LogP) is 4.64. The second-order valence-electron chi connectivity index (χ2n) is 5.84. The van der Waals surface area contributed by atoms with E-state index in [0.29, 0.717) is 35.8 Å². The van der Waals surface area contributed by atoms with Crippen molar-refractivity contribution < 1.29 is 9.53 Å². The second-order valence-corrected chi connectivity index (χ2v) is 5.84. The van der Waals surface area contributed by atoms with Gasteiger partial charge in [0.2, 0.25) is 0 Å². The zero-order valence-corrected chi connectivity index (χ0v) is 15.4. The highest BCUT2D eigenvalue weighted by molar-refractivity contribution is 6.07. The van der Waals surface area contributed by atoms with Crippen molar-refractivity contribution in [2.45, 2.75) is 47.5 Å². The van der Waals surface area contributed by atoms with Crippen molar-refractivity contribution in [3.05, 3.63) is 47.1 Å². The molecule has 0 unspecified atom stereocenters. The van der Waals surface area contributed by atoms with Gasteiger partial charge in [0.05, 0.1) is 6.61 Å². The Morgan fingerprint density at radius 2 is 1.92 bits per heavy atom. The molecule has 0 bridgehead atoms. The van der Waals surface area contributed by atoms with Crippen LogP contribution in [0.1, 0.15) is 51.7 Å². The van der Waals surface area contributed by atoms with Gasteiger partial charge in [0.15, 0.2) is 0 Å². The molecule has 1 aromatic carbocycles. The predicted molar refractivity (Wildman–Crippen MR) is 101 cm³/mol. The Labute approximate surface area is 145 Å². The maximum atomic E-state index is 12.5. The fourth-order valence-electron chi connectivity index (χ4n) is 2.29. The fourth-order valence-corrected chi connectivity index (χ4v) is 2.29. The zero-order chi connectivity index (χ0) is 18.3. The van der Waals surface area contributed by atoms with Crippen LogP contribution < -0.4 is 10.1 Å². The van der Waals surface area contributed by atoms with Crippen LogP contribution in [0.5, 0.6) is 5.75 Å². The van der Waals surface area contributed by atoms with Crippen LogP contribution in [0, 0.1) is 12.3 Å². The van der Waals surface area contributed by atoms with E-state index in [1.165, 1.54) is 0 Å². The van der Waals surface area contributed by atoms with E-state index >= 15 is 0 Å². The third kappa shape index (κ3) is 5.08. The molecule has 0 aliphatic carbocycles. The van der Waals surface area contributed by atoms with Gasteiger partial charge in [-0.15, -0.1) is 0 Å². The van der Waals surface area contributed by atoms with E-state index in [1.54, 1.807) is 6.92 Å². The smallest absolute Gasteiger partial charge is 0.251 e. The molecule has 4 heteroatoms. The number of allylic oxidation sites excluding steroid dienone is 1. The molecule has 0 saturated carbocycles. The van der Waals surface area contributed by atoms with E-state index in [4.69, 9.17) is 10.1 Å². The molecule has 4 nitrogen and oxygen atoms in total. The van der Waals surface area contributed by atoms with Crippen LogP contribution in [0.4, 0.5) is 0 Å². The first-order valence-electron chi connectivity index (χ1n) is 8.31. The van der Waals surface area contributed by atoms with Crippen LogP contribution >= 0.6 is 0 Å². The van der Waals surface area contributed by atoms with Crippen molar-refractivity contribution in [2.75, 3.05) is 6.61 Å². The third-order valence-corrected chi connectivity index (χ3v) is 3.88. The summed E-state index contributed by atoms with van der Waals surface area (Å²) >= 11 is 0. The fraction of sp³-hybridized carbons (Fsp3) is 0.400. The number of carbonyl (C=O) groups is 1. The van der Waals surface area contributed by atoms with Crippen LogP contribution in [0.25, 0.3) is 5.70 Å². The van der Waals surface area contributed by atoms with Gasteiger partial charge in [0.1, 0.15) is 5.75 Å². The number of rotatable bonds is 8. The summed E-state index contributed by atoms with van der Waals surface area (Å²) in [5.41, 5.74) is 4.11. The molecular weight excluding hydrogens is 300 g/mol. The highest BCUT2D eigenvalue weighted by atomic mass is 16.5. The first-order valence-corrected chi connectivity index (χ1v) is 8.31. The Morgan fingerprint density at radius 3 is 2.50 bits per heavy atom. The van der Waals surface area contributed by atoms with Crippen molar-refractivity contribution in [3.8, 4) is 5.75 Å². The monoisotopic (exact) mass is 328 g/mol. The van der Waals surface area contributed by atoms with Crippen molar-refractivity contribution in [2.24, 2.45) is 0 Å². The van der Waals surface area contributed by atoms with E-state index in [0.717, 1.165) is 23.1 Å². The average Bonchev–Trinajstić information content (AvgIpc) is 2.55. The quantitative estimate of drug-likeness (QED) is 0.539. The van der Waals surface area contributed by atoms with Gasteiger partial charge in [-0.1, -0.05) is 31.6 Å². The van der Waals surface area contributed by atoms with E-state index in [2.05, 4.69) is 11.9 Å². The molecule has 0 aliphatic rings. The molecule has 2 N–H and O–H groups in total. The van der Waals surface area contributed by atoms with Gasteiger partial charge in [-0.05, 0) is 51.8 Å². The third-order valence-electron chi connectivity index (χ3n) is 3.88. The molecular formula is C20H28N2O2. The summed E-state index contributed by atoms with van der Waals surface area (Å²) in [5.74, 6) is 0.466. The Bertz CT molecular complexity index is 672. The van der Waals surface area contributed by atoms with Crippen molar-refractivity contribution in [3.63, 3.8) is 0 Å². The molecule has 0 fully saturated rings. The van der Waals surface area contributed by atoms with Gasteiger partial charge in [-0.2, -0.15) is 0 Å². The number of amides is 1. The minimum absolute atomic E-state index is 0.234. The number of hydrogen-bond acceptors (Lipinski definition) is 3. The lowest BCUT2D eigenvalue weighted by molar-refractivity contribution is -0.116. The highest BCUT2D eigenvalue weighted by Gasteiger charge is 2.14. The molecule has 0 radical (unpaired) electrons. The first-order chi connectivity index (χ1) is 11.3. The van der Waals surface area contributed by atoms with E-state index in [-0.39, 0.29) is 5.91 Å². The van der Waals surface area contributed by atoms with Gasteiger partial charge in [0, 0.05) is 22.5 Å². The lowest BCUT2D eigenvalue weighted by atomic mass is 10.0. The molecule has 0 aliphatic heterocycles. The summed E-state index contributed by atoms with van der Waals surface area (Å²) in [4.78, 5) is 12.5. The minimum atomic E-state index is -0.234. The van der Waals surface area contributed by atoms with Crippen molar-refractivity contribution in [1.29, 1.82) is 5.41 Å². The Hall–Kier alpha value is -2.36.